The Balaban J connectivity index is 1.49. The zero-order chi connectivity index (χ0) is 17.6. The zero-order valence-electron chi connectivity index (χ0n) is 14.1. The third-order valence-electron chi connectivity index (χ3n) is 3.72. The molecule has 0 unspecified atom stereocenters. The fourth-order valence-electron chi connectivity index (χ4n) is 2.49. The van der Waals surface area contributed by atoms with E-state index in [0.29, 0.717) is 35.2 Å². The lowest BCUT2D eigenvalue weighted by atomic mass is 10.2. The minimum absolute atomic E-state index is 0.139. The van der Waals surface area contributed by atoms with Crippen molar-refractivity contribution in [1.29, 1.82) is 0 Å². The van der Waals surface area contributed by atoms with Crippen LogP contribution in [0.3, 0.4) is 0 Å². The van der Waals surface area contributed by atoms with E-state index in [1.807, 2.05) is 18.2 Å². The van der Waals surface area contributed by atoms with E-state index in [9.17, 15) is 4.79 Å². The molecule has 1 aliphatic rings. The summed E-state index contributed by atoms with van der Waals surface area (Å²) in [7, 11) is 3.18. The van der Waals surface area contributed by atoms with Gasteiger partial charge in [-0.15, -0.1) is 0 Å². The fraction of sp³-hybridized carbons (Fsp3) is 0.278. The molecule has 2 aromatic rings. The molecule has 132 valence electrons. The number of rotatable bonds is 7. The van der Waals surface area contributed by atoms with Crippen LogP contribution in [0.15, 0.2) is 36.4 Å². The third kappa shape index (κ3) is 4.13. The van der Waals surface area contributed by atoms with Crippen molar-refractivity contribution in [1.82, 2.24) is 5.32 Å². The van der Waals surface area contributed by atoms with Crippen LogP contribution in [0.4, 0.5) is 5.69 Å². The molecule has 2 aromatic carbocycles. The van der Waals surface area contributed by atoms with Gasteiger partial charge in [0, 0.05) is 18.3 Å². The highest BCUT2D eigenvalue weighted by atomic mass is 16.7. The van der Waals surface area contributed by atoms with Gasteiger partial charge >= 0.3 is 0 Å². The van der Waals surface area contributed by atoms with Gasteiger partial charge in [0.25, 0.3) is 0 Å². The fourth-order valence-corrected chi connectivity index (χ4v) is 2.49. The Morgan fingerprint density at radius 1 is 1.04 bits per heavy atom. The maximum atomic E-state index is 12.0. The number of hydrogen-bond acceptors (Lipinski definition) is 6. The maximum absolute atomic E-state index is 12.0. The SMILES string of the molecule is COc1ccc(CNCC(=O)Nc2ccc3c(c2)OCO3)cc1OC. The molecule has 0 aliphatic carbocycles. The van der Waals surface area contributed by atoms with Crippen molar-refractivity contribution in [3.8, 4) is 23.0 Å². The lowest BCUT2D eigenvalue weighted by molar-refractivity contribution is -0.115. The molecule has 0 radical (unpaired) electrons. The van der Waals surface area contributed by atoms with Gasteiger partial charge in [-0.05, 0) is 29.8 Å². The number of fused-ring (bicyclic) bond motifs is 1. The van der Waals surface area contributed by atoms with Crippen LogP contribution in [0.25, 0.3) is 0 Å². The molecule has 0 spiro atoms. The molecule has 1 aliphatic heterocycles. The van der Waals surface area contributed by atoms with Crippen LogP contribution < -0.4 is 29.6 Å². The summed E-state index contributed by atoms with van der Waals surface area (Å²) in [5.74, 6) is 2.51. The Morgan fingerprint density at radius 2 is 1.84 bits per heavy atom. The van der Waals surface area contributed by atoms with E-state index in [-0.39, 0.29) is 19.2 Å². The molecule has 0 aromatic heterocycles. The quantitative estimate of drug-likeness (QED) is 0.801. The standard InChI is InChI=1S/C18H20N2O5/c1-22-14-5-3-12(7-16(14)23-2)9-19-10-18(21)20-13-4-6-15-17(8-13)25-11-24-15/h3-8,19H,9-11H2,1-2H3,(H,20,21). The van der Waals surface area contributed by atoms with Crippen LogP contribution in [-0.4, -0.2) is 33.5 Å². The first-order valence-electron chi connectivity index (χ1n) is 7.80. The predicted octanol–water partition coefficient (Wildman–Crippen LogP) is 2.16. The monoisotopic (exact) mass is 344 g/mol. The molecule has 7 heteroatoms. The lowest BCUT2D eigenvalue weighted by Crippen LogP contribution is -2.27. The second-order valence-electron chi connectivity index (χ2n) is 5.41. The largest absolute Gasteiger partial charge is 0.493 e. The Bertz CT molecular complexity index is 763. The van der Waals surface area contributed by atoms with E-state index in [0.717, 1.165) is 5.56 Å². The molecular formula is C18H20N2O5. The summed E-state index contributed by atoms with van der Waals surface area (Å²) in [6.45, 7) is 0.928. The van der Waals surface area contributed by atoms with E-state index in [1.54, 1.807) is 32.4 Å². The van der Waals surface area contributed by atoms with Crippen molar-refractivity contribution < 1.29 is 23.7 Å². The molecule has 7 nitrogen and oxygen atoms in total. The van der Waals surface area contributed by atoms with Crippen molar-refractivity contribution in [2.24, 2.45) is 0 Å². The van der Waals surface area contributed by atoms with Crippen LogP contribution in [0, 0.1) is 0 Å². The molecule has 0 fully saturated rings. The molecule has 0 atom stereocenters. The average molecular weight is 344 g/mol. The van der Waals surface area contributed by atoms with Crippen molar-refractivity contribution in [3.05, 3.63) is 42.0 Å². The van der Waals surface area contributed by atoms with E-state index in [2.05, 4.69) is 10.6 Å². The van der Waals surface area contributed by atoms with Gasteiger partial charge < -0.3 is 29.6 Å². The molecule has 3 rings (SSSR count). The highest BCUT2D eigenvalue weighted by Crippen LogP contribution is 2.34. The van der Waals surface area contributed by atoms with Gasteiger partial charge in [-0.25, -0.2) is 0 Å². The minimum Gasteiger partial charge on any atom is -0.493 e. The van der Waals surface area contributed by atoms with Crippen molar-refractivity contribution >= 4 is 11.6 Å². The number of ether oxygens (including phenoxy) is 4. The van der Waals surface area contributed by atoms with E-state index in [1.165, 1.54) is 0 Å². The summed E-state index contributed by atoms with van der Waals surface area (Å²) in [4.78, 5) is 12.0. The summed E-state index contributed by atoms with van der Waals surface area (Å²) in [6.07, 6.45) is 0. The highest BCUT2D eigenvalue weighted by molar-refractivity contribution is 5.92. The first kappa shape index (κ1) is 16.9. The van der Waals surface area contributed by atoms with Gasteiger partial charge in [0.05, 0.1) is 20.8 Å². The zero-order valence-corrected chi connectivity index (χ0v) is 14.1. The number of carbonyl (C=O) groups excluding carboxylic acids is 1. The smallest absolute Gasteiger partial charge is 0.238 e. The first-order valence-corrected chi connectivity index (χ1v) is 7.80. The molecule has 1 heterocycles. The topological polar surface area (TPSA) is 78.1 Å². The molecule has 1 amide bonds. The average Bonchev–Trinajstić information content (AvgIpc) is 3.09. The highest BCUT2D eigenvalue weighted by Gasteiger charge is 2.14. The summed E-state index contributed by atoms with van der Waals surface area (Å²) in [6, 6.07) is 10.9. The number of hydrogen-bond donors (Lipinski definition) is 2. The first-order chi connectivity index (χ1) is 12.2. The van der Waals surface area contributed by atoms with Gasteiger partial charge in [0.1, 0.15) is 0 Å². The van der Waals surface area contributed by atoms with Gasteiger partial charge in [-0.3, -0.25) is 4.79 Å². The van der Waals surface area contributed by atoms with Crippen molar-refractivity contribution in [2.45, 2.75) is 6.54 Å². The number of carbonyl (C=O) groups is 1. The minimum atomic E-state index is -0.139. The number of nitrogens with one attached hydrogen (secondary N) is 2. The summed E-state index contributed by atoms with van der Waals surface area (Å²) in [5, 5.41) is 5.92. The molecule has 2 N–H and O–H groups in total. The van der Waals surface area contributed by atoms with Gasteiger partial charge in [-0.1, -0.05) is 6.07 Å². The summed E-state index contributed by atoms with van der Waals surface area (Å²) < 4.78 is 21.0. The number of anilines is 1. The van der Waals surface area contributed by atoms with Gasteiger partial charge in [0.15, 0.2) is 23.0 Å². The third-order valence-corrected chi connectivity index (χ3v) is 3.72. The van der Waals surface area contributed by atoms with Crippen LogP contribution >= 0.6 is 0 Å². The normalized spacial score (nSPS) is 11.9. The maximum Gasteiger partial charge on any atom is 0.238 e. The Morgan fingerprint density at radius 3 is 2.64 bits per heavy atom. The predicted molar refractivity (Wildman–Crippen MR) is 92.4 cm³/mol. The van der Waals surface area contributed by atoms with E-state index >= 15 is 0 Å². The number of methoxy groups -OCH3 is 2. The molecule has 0 saturated carbocycles. The Kier molecular flexibility index (Phi) is 5.25. The Labute approximate surface area is 145 Å². The second kappa shape index (κ2) is 7.76. The molecule has 0 bridgehead atoms. The molecular weight excluding hydrogens is 324 g/mol. The second-order valence-corrected chi connectivity index (χ2v) is 5.41. The molecule has 0 saturated heterocycles. The number of amides is 1. The van der Waals surface area contributed by atoms with Crippen LogP contribution in [0.5, 0.6) is 23.0 Å². The van der Waals surface area contributed by atoms with Crippen molar-refractivity contribution in [3.63, 3.8) is 0 Å². The summed E-state index contributed by atoms with van der Waals surface area (Å²) >= 11 is 0. The van der Waals surface area contributed by atoms with E-state index < -0.39 is 0 Å². The van der Waals surface area contributed by atoms with E-state index in [4.69, 9.17) is 18.9 Å². The lowest BCUT2D eigenvalue weighted by Gasteiger charge is -2.10. The van der Waals surface area contributed by atoms with Gasteiger partial charge in [0.2, 0.25) is 12.7 Å². The Hall–Kier alpha value is -2.93. The van der Waals surface area contributed by atoms with Crippen LogP contribution in [-0.2, 0) is 11.3 Å². The van der Waals surface area contributed by atoms with Crippen LogP contribution in [0.2, 0.25) is 0 Å². The van der Waals surface area contributed by atoms with Crippen molar-refractivity contribution in [2.75, 3.05) is 32.9 Å². The van der Waals surface area contributed by atoms with Crippen LogP contribution in [0.1, 0.15) is 5.56 Å². The molecule has 25 heavy (non-hydrogen) atoms. The summed E-state index contributed by atoms with van der Waals surface area (Å²) in [5.41, 5.74) is 1.66. The van der Waals surface area contributed by atoms with Gasteiger partial charge in [-0.2, -0.15) is 0 Å². The number of benzene rings is 2.